The van der Waals surface area contributed by atoms with Gasteiger partial charge in [-0.25, -0.2) is 13.9 Å². The van der Waals surface area contributed by atoms with E-state index < -0.39 is 6.17 Å². The number of alkyl halides is 1. The number of nitrogens with zero attached hydrogens (tertiary/aromatic N) is 4. The Bertz CT molecular complexity index is 1300. The van der Waals surface area contributed by atoms with Gasteiger partial charge in [-0.3, -0.25) is 4.79 Å². The maximum atomic E-state index is 14.4. The van der Waals surface area contributed by atoms with Crippen molar-refractivity contribution in [2.45, 2.75) is 45.3 Å². The first-order valence-electron chi connectivity index (χ1n) is 10.9. The van der Waals surface area contributed by atoms with Crippen LogP contribution in [0.2, 0.25) is 0 Å². The van der Waals surface area contributed by atoms with Crippen molar-refractivity contribution in [3.05, 3.63) is 40.7 Å². The quantitative estimate of drug-likeness (QED) is 0.486. The molecular weight excluding hydrogens is 427 g/mol. The molecule has 9 heteroatoms. The van der Waals surface area contributed by atoms with Gasteiger partial charge in [0.05, 0.1) is 26.8 Å². The van der Waals surface area contributed by atoms with Gasteiger partial charge in [-0.15, -0.1) is 11.3 Å². The van der Waals surface area contributed by atoms with E-state index in [1.807, 2.05) is 19.2 Å². The molecule has 1 aliphatic rings. The van der Waals surface area contributed by atoms with Crippen molar-refractivity contribution in [2.24, 2.45) is 0 Å². The number of hydrogen-bond acceptors (Lipinski definition) is 5. The van der Waals surface area contributed by atoms with Crippen molar-refractivity contribution in [3.8, 4) is 11.3 Å². The minimum Gasteiger partial charge on any atom is -0.354 e. The predicted octanol–water partition coefficient (Wildman–Crippen LogP) is 4.14. The van der Waals surface area contributed by atoms with Crippen LogP contribution >= 0.6 is 11.3 Å². The number of aryl methyl sites for hydroxylation is 1. The molecule has 0 aliphatic carbocycles. The lowest BCUT2D eigenvalue weighted by atomic mass is 9.99. The van der Waals surface area contributed by atoms with Gasteiger partial charge in [0.1, 0.15) is 12.5 Å². The Morgan fingerprint density at radius 3 is 2.94 bits per heavy atom. The van der Waals surface area contributed by atoms with E-state index in [2.05, 4.69) is 40.3 Å². The highest BCUT2D eigenvalue weighted by Crippen LogP contribution is 2.40. The Kier molecular flexibility index (Phi) is 5.25. The normalized spacial score (nSPS) is 19.3. The van der Waals surface area contributed by atoms with Crippen molar-refractivity contribution in [3.63, 3.8) is 0 Å². The first-order valence-corrected chi connectivity index (χ1v) is 11.7. The lowest BCUT2D eigenvalue weighted by Crippen LogP contribution is -2.51. The van der Waals surface area contributed by atoms with Crippen LogP contribution in [0.1, 0.15) is 47.0 Å². The third-order valence-corrected chi connectivity index (χ3v) is 7.49. The number of fused-ring (bicyclic) bond motifs is 2. The van der Waals surface area contributed by atoms with Crippen LogP contribution in [0.4, 0.5) is 4.39 Å². The fourth-order valence-corrected chi connectivity index (χ4v) is 5.98. The molecule has 0 radical (unpaired) electrons. The second kappa shape index (κ2) is 7.97. The molecule has 5 heterocycles. The number of pyridine rings is 1. The van der Waals surface area contributed by atoms with Crippen LogP contribution < -0.4 is 5.32 Å². The summed E-state index contributed by atoms with van der Waals surface area (Å²) in [6.07, 6.45) is 3.12. The van der Waals surface area contributed by atoms with Gasteiger partial charge in [-0.2, -0.15) is 5.10 Å². The summed E-state index contributed by atoms with van der Waals surface area (Å²) in [6.45, 7) is 7.36. The molecule has 1 fully saturated rings. The standard InChI is InChI=1S/C23H27FN6OS/c1-12(2)19-20(14-7-13(3)22-26-11-27-30(22)10-14)28-16-8-18(32-21(16)19)23(31)29(4)17-5-6-25-9-15(17)24/h7-8,10-12,15,17,25,28H,5-6,9H2,1-4H3/t15-,17+/m1/s1. The Morgan fingerprint density at radius 2 is 2.19 bits per heavy atom. The maximum Gasteiger partial charge on any atom is 0.264 e. The van der Waals surface area contributed by atoms with Gasteiger partial charge in [-0.1, -0.05) is 13.8 Å². The molecule has 0 saturated carbocycles. The molecule has 4 aromatic heterocycles. The minimum atomic E-state index is -1.05. The van der Waals surface area contributed by atoms with E-state index in [9.17, 15) is 9.18 Å². The number of nitrogens with one attached hydrogen (secondary N) is 2. The van der Waals surface area contributed by atoms with Crippen LogP contribution in [-0.2, 0) is 0 Å². The zero-order valence-electron chi connectivity index (χ0n) is 18.6. The summed E-state index contributed by atoms with van der Waals surface area (Å²) in [5.74, 6) is 0.134. The molecular formula is C23H27FN6OS. The van der Waals surface area contributed by atoms with E-state index in [1.165, 1.54) is 16.9 Å². The number of piperidine rings is 1. The molecule has 32 heavy (non-hydrogen) atoms. The van der Waals surface area contributed by atoms with Crippen LogP contribution in [0, 0.1) is 6.92 Å². The van der Waals surface area contributed by atoms with E-state index in [4.69, 9.17) is 0 Å². The first-order chi connectivity index (χ1) is 15.3. The predicted molar refractivity (Wildman–Crippen MR) is 125 cm³/mol. The second-order valence-electron chi connectivity index (χ2n) is 8.85. The van der Waals surface area contributed by atoms with E-state index in [0.29, 0.717) is 17.8 Å². The molecule has 7 nitrogen and oxygen atoms in total. The molecule has 168 valence electrons. The van der Waals surface area contributed by atoms with Gasteiger partial charge in [0.25, 0.3) is 5.91 Å². The number of aromatic nitrogens is 4. The Morgan fingerprint density at radius 1 is 1.38 bits per heavy atom. The van der Waals surface area contributed by atoms with Crippen molar-refractivity contribution in [1.82, 2.24) is 29.8 Å². The highest BCUT2D eigenvalue weighted by atomic mass is 32.1. The topological polar surface area (TPSA) is 78.3 Å². The monoisotopic (exact) mass is 454 g/mol. The number of rotatable bonds is 4. The molecule has 4 aromatic rings. The van der Waals surface area contributed by atoms with Crippen LogP contribution in [0.25, 0.3) is 27.1 Å². The molecule has 2 N–H and O–H groups in total. The average molecular weight is 455 g/mol. The smallest absolute Gasteiger partial charge is 0.264 e. The first kappa shape index (κ1) is 21.1. The summed E-state index contributed by atoms with van der Waals surface area (Å²) >= 11 is 1.48. The van der Waals surface area contributed by atoms with E-state index in [0.717, 1.165) is 39.2 Å². The Balaban J connectivity index is 1.54. The molecule has 0 unspecified atom stereocenters. The van der Waals surface area contributed by atoms with Crippen LogP contribution in [0.5, 0.6) is 0 Å². The number of amides is 1. The Labute approximate surface area is 189 Å². The van der Waals surface area contributed by atoms with E-state index in [-0.39, 0.29) is 17.9 Å². The van der Waals surface area contributed by atoms with Gasteiger partial charge in [0, 0.05) is 25.4 Å². The molecule has 1 aliphatic heterocycles. The highest BCUT2D eigenvalue weighted by molar-refractivity contribution is 7.21. The number of carbonyl (C=O) groups is 1. The highest BCUT2D eigenvalue weighted by Gasteiger charge is 2.32. The minimum absolute atomic E-state index is 0.120. The molecule has 0 spiro atoms. The van der Waals surface area contributed by atoms with E-state index in [1.54, 1.807) is 22.8 Å². The van der Waals surface area contributed by atoms with Gasteiger partial charge >= 0.3 is 0 Å². The number of H-pyrrole nitrogens is 1. The molecule has 0 bridgehead atoms. The second-order valence-corrected chi connectivity index (χ2v) is 9.91. The molecule has 2 atom stereocenters. The lowest BCUT2D eigenvalue weighted by molar-refractivity contribution is 0.0577. The summed E-state index contributed by atoms with van der Waals surface area (Å²) in [7, 11) is 1.71. The number of thiophene rings is 1. The SMILES string of the molecule is Cc1cc(-c2[nH]c3cc(C(=O)N(C)[C@H]4CCNC[C@H]4F)sc3c2C(C)C)cn2ncnc12. The van der Waals surface area contributed by atoms with Crippen LogP contribution in [0.3, 0.4) is 0 Å². The zero-order chi connectivity index (χ0) is 22.6. The van der Waals surface area contributed by atoms with Crippen LogP contribution in [-0.4, -0.2) is 62.7 Å². The van der Waals surface area contributed by atoms with Crippen molar-refractivity contribution < 1.29 is 9.18 Å². The zero-order valence-corrected chi connectivity index (χ0v) is 19.5. The fourth-order valence-electron chi connectivity index (χ4n) is 4.68. The lowest BCUT2D eigenvalue weighted by Gasteiger charge is -2.34. The fraction of sp³-hybridized carbons (Fsp3) is 0.435. The van der Waals surface area contributed by atoms with Crippen molar-refractivity contribution in [1.29, 1.82) is 0 Å². The van der Waals surface area contributed by atoms with Crippen molar-refractivity contribution >= 4 is 33.1 Å². The molecule has 5 rings (SSSR count). The summed E-state index contributed by atoms with van der Waals surface area (Å²) in [5, 5.41) is 7.34. The summed E-state index contributed by atoms with van der Waals surface area (Å²) in [6, 6.07) is 3.63. The summed E-state index contributed by atoms with van der Waals surface area (Å²) < 4.78 is 17.2. The summed E-state index contributed by atoms with van der Waals surface area (Å²) in [4.78, 5) is 23.2. The third-order valence-electron chi connectivity index (χ3n) is 6.33. The molecule has 1 amide bonds. The Hall–Kier alpha value is -2.78. The number of hydrogen-bond donors (Lipinski definition) is 2. The largest absolute Gasteiger partial charge is 0.354 e. The third kappa shape index (κ3) is 3.40. The number of aromatic amines is 1. The average Bonchev–Trinajstić information content (AvgIpc) is 3.46. The molecule has 1 saturated heterocycles. The summed E-state index contributed by atoms with van der Waals surface area (Å²) in [5.41, 5.74) is 6.07. The van der Waals surface area contributed by atoms with Gasteiger partial charge < -0.3 is 15.2 Å². The molecule has 0 aromatic carbocycles. The van der Waals surface area contributed by atoms with Gasteiger partial charge in [0.15, 0.2) is 5.65 Å². The van der Waals surface area contributed by atoms with Crippen molar-refractivity contribution in [2.75, 3.05) is 20.1 Å². The van der Waals surface area contributed by atoms with Gasteiger partial charge in [-0.05, 0) is 49.1 Å². The number of halogens is 1. The van der Waals surface area contributed by atoms with Gasteiger partial charge in [0.2, 0.25) is 0 Å². The maximum absolute atomic E-state index is 14.4. The number of carbonyl (C=O) groups excluding carboxylic acids is 1. The van der Waals surface area contributed by atoms with E-state index >= 15 is 0 Å². The van der Waals surface area contributed by atoms with Crippen LogP contribution in [0.15, 0.2) is 24.7 Å².